The van der Waals surface area contributed by atoms with Gasteiger partial charge in [0.25, 0.3) is 0 Å². The summed E-state index contributed by atoms with van der Waals surface area (Å²) in [4.78, 5) is 4.76. The maximum Gasteiger partial charge on any atom is 0.228 e. The van der Waals surface area contributed by atoms with E-state index in [1.807, 2.05) is 67.1 Å². The van der Waals surface area contributed by atoms with Gasteiger partial charge in [0.15, 0.2) is 6.20 Å². The summed E-state index contributed by atoms with van der Waals surface area (Å²) in [5.74, 6) is 0. The van der Waals surface area contributed by atoms with Crippen LogP contribution in [0.3, 0.4) is 0 Å². The summed E-state index contributed by atoms with van der Waals surface area (Å²) < 4.78 is 32.6. The van der Waals surface area contributed by atoms with Crippen LogP contribution in [0, 0.1) is 20.7 Å². The van der Waals surface area contributed by atoms with Gasteiger partial charge in [-0.15, -0.1) is 0 Å². The lowest BCUT2D eigenvalue weighted by Crippen LogP contribution is -2.31. The zero-order valence-electron chi connectivity index (χ0n) is 21.8. The topological polar surface area (TPSA) is 29.9 Å². The van der Waals surface area contributed by atoms with E-state index in [2.05, 4.69) is 31.2 Å². The van der Waals surface area contributed by atoms with Crippen molar-refractivity contribution in [3.63, 3.8) is 0 Å². The molecule has 0 unspecified atom stereocenters. The number of pyridine rings is 2. The highest BCUT2D eigenvalue weighted by molar-refractivity contribution is 6.18. The average molecular weight is 433 g/mol. The summed E-state index contributed by atoms with van der Waals surface area (Å²) in [6, 6.07) is 24.1. The SMILES string of the molecule is [2H]C([2H])([2H])c1c[n+](C)c(-c2ccc3c(oc4nc(C)c5ccccc5c43)c2C)cc1-c1ccccc1. The average Bonchev–Trinajstić information content (AvgIpc) is 3.24. The van der Waals surface area contributed by atoms with Gasteiger partial charge in [-0.05, 0) is 49.3 Å². The molecule has 0 radical (unpaired) electrons. The summed E-state index contributed by atoms with van der Waals surface area (Å²) in [6.07, 6.45) is 1.73. The second-order valence-corrected chi connectivity index (χ2v) is 8.60. The van der Waals surface area contributed by atoms with Crippen molar-refractivity contribution in [2.45, 2.75) is 20.7 Å². The van der Waals surface area contributed by atoms with Crippen LogP contribution in [0.5, 0.6) is 0 Å². The Kier molecular flexibility index (Phi) is 3.67. The molecule has 3 aromatic heterocycles. The van der Waals surface area contributed by atoms with Crippen molar-refractivity contribution in [3.05, 3.63) is 95.8 Å². The van der Waals surface area contributed by atoms with Crippen LogP contribution < -0.4 is 4.57 Å². The second-order valence-electron chi connectivity index (χ2n) is 8.60. The molecule has 6 rings (SSSR count). The Morgan fingerprint density at radius 2 is 1.61 bits per heavy atom. The first kappa shape index (κ1) is 16.6. The third-order valence-electron chi connectivity index (χ3n) is 6.58. The molecule has 3 nitrogen and oxygen atoms in total. The highest BCUT2D eigenvalue weighted by atomic mass is 16.3. The summed E-state index contributed by atoms with van der Waals surface area (Å²) in [7, 11) is 1.89. The lowest BCUT2D eigenvalue weighted by molar-refractivity contribution is -0.660. The molecule has 3 heterocycles. The van der Waals surface area contributed by atoms with Gasteiger partial charge in [-0.3, -0.25) is 0 Å². The van der Waals surface area contributed by atoms with Gasteiger partial charge in [-0.2, -0.15) is 0 Å². The van der Waals surface area contributed by atoms with E-state index in [9.17, 15) is 0 Å². The first-order valence-electron chi connectivity index (χ1n) is 12.5. The van der Waals surface area contributed by atoms with Crippen LogP contribution >= 0.6 is 0 Å². The van der Waals surface area contributed by atoms with Crippen molar-refractivity contribution in [1.82, 2.24) is 4.98 Å². The van der Waals surface area contributed by atoms with E-state index in [0.29, 0.717) is 16.8 Å². The molecule has 0 fully saturated rings. The molecule has 0 bridgehead atoms. The number of nitrogens with zero attached hydrogens (tertiary/aromatic N) is 2. The normalized spacial score (nSPS) is 13.4. The second kappa shape index (κ2) is 7.28. The van der Waals surface area contributed by atoms with Crippen molar-refractivity contribution in [1.29, 1.82) is 0 Å². The van der Waals surface area contributed by atoms with E-state index >= 15 is 0 Å². The van der Waals surface area contributed by atoms with Gasteiger partial charge in [0, 0.05) is 37.8 Å². The molecule has 0 amide bonds. The Labute approximate surface area is 197 Å². The number of hydrogen-bond donors (Lipinski definition) is 0. The fraction of sp³-hybridized carbons (Fsp3) is 0.133. The number of hydrogen-bond acceptors (Lipinski definition) is 2. The fourth-order valence-corrected chi connectivity index (χ4v) is 4.90. The summed E-state index contributed by atoms with van der Waals surface area (Å²) in [5, 5.41) is 4.30. The van der Waals surface area contributed by atoms with Gasteiger partial charge in [0.05, 0.1) is 10.9 Å². The first-order chi connectivity index (χ1) is 17.2. The maximum absolute atomic E-state index is 8.13. The van der Waals surface area contributed by atoms with Gasteiger partial charge in [-0.1, -0.05) is 54.6 Å². The lowest BCUT2D eigenvalue weighted by Gasteiger charge is -2.10. The van der Waals surface area contributed by atoms with Crippen LogP contribution in [-0.4, -0.2) is 4.98 Å². The molecule has 3 aromatic carbocycles. The van der Waals surface area contributed by atoms with Crippen LogP contribution in [0.25, 0.3) is 55.2 Å². The van der Waals surface area contributed by atoms with E-state index in [1.54, 1.807) is 6.20 Å². The molecule has 3 heteroatoms. The van der Waals surface area contributed by atoms with E-state index in [1.165, 1.54) is 0 Å². The van der Waals surface area contributed by atoms with Gasteiger partial charge < -0.3 is 4.42 Å². The molecule has 0 N–H and O–H groups in total. The van der Waals surface area contributed by atoms with Gasteiger partial charge in [-0.25, -0.2) is 9.55 Å². The number of furan rings is 1. The quantitative estimate of drug-likeness (QED) is 0.270. The standard InChI is InChI=1S/C30H25N2O/c1-18-17-32(4)27(16-26(18)21-10-6-5-7-11-21)22-14-15-25-28-24-13-9-8-12-23(24)20(3)31-30(28)33-29(25)19(22)2/h5-17H,1-4H3/q+1/i1D3. The minimum atomic E-state index is -2.23. The van der Waals surface area contributed by atoms with Crippen molar-refractivity contribution < 1.29 is 13.1 Å². The van der Waals surface area contributed by atoms with Crippen LogP contribution in [0.2, 0.25) is 0 Å². The Morgan fingerprint density at radius 3 is 2.39 bits per heavy atom. The summed E-state index contributed by atoms with van der Waals surface area (Å²) >= 11 is 0. The van der Waals surface area contributed by atoms with E-state index < -0.39 is 6.85 Å². The Morgan fingerprint density at radius 1 is 0.848 bits per heavy atom. The largest absolute Gasteiger partial charge is 0.437 e. The molecular weight excluding hydrogens is 404 g/mol. The highest BCUT2D eigenvalue weighted by Crippen LogP contribution is 2.39. The Bertz CT molecular complexity index is 1800. The highest BCUT2D eigenvalue weighted by Gasteiger charge is 2.21. The van der Waals surface area contributed by atoms with E-state index in [0.717, 1.165) is 55.2 Å². The third kappa shape index (κ3) is 2.96. The fourth-order valence-electron chi connectivity index (χ4n) is 4.90. The first-order valence-corrected chi connectivity index (χ1v) is 11.0. The van der Waals surface area contributed by atoms with Crippen LogP contribution in [0.15, 0.2) is 83.4 Å². The molecule has 0 aliphatic carbocycles. The minimum Gasteiger partial charge on any atom is -0.437 e. The van der Waals surface area contributed by atoms with Crippen molar-refractivity contribution in [2.24, 2.45) is 7.05 Å². The molecule has 33 heavy (non-hydrogen) atoms. The Balaban J connectivity index is 1.63. The zero-order chi connectivity index (χ0) is 25.2. The smallest absolute Gasteiger partial charge is 0.228 e. The molecule has 160 valence electrons. The van der Waals surface area contributed by atoms with Crippen LogP contribution in [0.1, 0.15) is 20.9 Å². The number of aryl methyl sites for hydroxylation is 4. The Hall–Kier alpha value is -3.98. The predicted octanol–water partition coefficient (Wildman–Crippen LogP) is 7.22. The van der Waals surface area contributed by atoms with Crippen molar-refractivity contribution >= 4 is 32.8 Å². The monoisotopic (exact) mass is 432 g/mol. The zero-order valence-corrected chi connectivity index (χ0v) is 18.8. The van der Waals surface area contributed by atoms with E-state index in [4.69, 9.17) is 13.5 Å². The molecule has 0 saturated heterocycles. The third-order valence-corrected chi connectivity index (χ3v) is 6.58. The molecule has 0 atom stereocenters. The van der Waals surface area contributed by atoms with Gasteiger partial charge in [0.1, 0.15) is 12.6 Å². The van der Waals surface area contributed by atoms with E-state index in [-0.39, 0.29) is 0 Å². The summed E-state index contributed by atoms with van der Waals surface area (Å²) in [5.41, 5.74) is 7.16. The van der Waals surface area contributed by atoms with Gasteiger partial charge >= 0.3 is 0 Å². The van der Waals surface area contributed by atoms with Crippen molar-refractivity contribution in [3.8, 4) is 22.4 Å². The molecule has 0 spiro atoms. The molecule has 0 saturated carbocycles. The molecule has 0 aliphatic rings. The van der Waals surface area contributed by atoms with Crippen LogP contribution in [0.4, 0.5) is 0 Å². The lowest BCUT2D eigenvalue weighted by atomic mass is 9.96. The predicted molar refractivity (Wildman–Crippen MR) is 135 cm³/mol. The van der Waals surface area contributed by atoms with Crippen molar-refractivity contribution in [2.75, 3.05) is 0 Å². The maximum atomic E-state index is 8.13. The molecule has 6 aromatic rings. The minimum absolute atomic E-state index is 0.327. The van der Waals surface area contributed by atoms with Crippen LogP contribution in [-0.2, 0) is 7.05 Å². The number of fused-ring (bicyclic) bond motifs is 5. The summed E-state index contributed by atoms with van der Waals surface area (Å²) in [6.45, 7) is 1.82. The van der Waals surface area contributed by atoms with Gasteiger partial charge in [0.2, 0.25) is 11.4 Å². The molecular formula is C30H25N2O+. The number of rotatable bonds is 2. The molecule has 0 aliphatic heterocycles. The number of aromatic nitrogens is 2. The number of benzene rings is 3.